The van der Waals surface area contributed by atoms with Crippen molar-refractivity contribution in [3.05, 3.63) is 53.8 Å². The third kappa shape index (κ3) is 4.59. The molecule has 21 heavy (non-hydrogen) atoms. The van der Waals surface area contributed by atoms with Crippen molar-refractivity contribution >= 4 is 5.97 Å². The average molecular weight is 286 g/mol. The van der Waals surface area contributed by atoms with Gasteiger partial charge in [0.1, 0.15) is 0 Å². The SMILES string of the molecule is C=C=C1C[C@@H](c2ccccc2)O[C@H]1CCCCOC(C)=O. The molecular weight excluding hydrogens is 264 g/mol. The molecule has 1 saturated heterocycles. The first-order chi connectivity index (χ1) is 10.2. The van der Waals surface area contributed by atoms with Crippen LogP contribution < -0.4 is 0 Å². The lowest BCUT2D eigenvalue weighted by molar-refractivity contribution is -0.141. The molecule has 3 heteroatoms. The second kappa shape index (κ2) is 7.82. The van der Waals surface area contributed by atoms with Gasteiger partial charge in [0.15, 0.2) is 0 Å². The number of benzene rings is 1. The average Bonchev–Trinajstić information content (AvgIpc) is 2.91. The van der Waals surface area contributed by atoms with Gasteiger partial charge in [0.25, 0.3) is 0 Å². The topological polar surface area (TPSA) is 35.5 Å². The summed E-state index contributed by atoms with van der Waals surface area (Å²) >= 11 is 0. The molecule has 0 bridgehead atoms. The maximum atomic E-state index is 10.7. The van der Waals surface area contributed by atoms with Gasteiger partial charge in [-0.1, -0.05) is 36.9 Å². The summed E-state index contributed by atoms with van der Waals surface area (Å²) in [6, 6.07) is 10.3. The van der Waals surface area contributed by atoms with Crippen LogP contribution in [0.2, 0.25) is 0 Å². The molecule has 0 radical (unpaired) electrons. The first kappa shape index (κ1) is 15.6. The summed E-state index contributed by atoms with van der Waals surface area (Å²) in [5.41, 5.74) is 5.38. The molecular formula is C18H22O3. The molecule has 2 atom stereocenters. The lowest BCUT2D eigenvalue weighted by atomic mass is 10.0. The van der Waals surface area contributed by atoms with Gasteiger partial charge in [0, 0.05) is 18.9 Å². The van der Waals surface area contributed by atoms with Crippen LogP contribution in [0.5, 0.6) is 0 Å². The zero-order valence-corrected chi connectivity index (χ0v) is 12.5. The number of hydrogen-bond donors (Lipinski definition) is 0. The zero-order valence-electron chi connectivity index (χ0n) is 12.5. The van der Waals surface area contributed by atoms with Crippen LogP contribution in [0.4, 0.5) is 0 Å². The Hall–Kier alpha value is -1.83. The summed E-state index contributed by atoms with van der Waals surface area (Å²) in [7, 11) is 0. The summed E-state index contributed by atoms with van der Waals surface area (Å²) in [5.74, 6) is -0.220. The van der Waals surface area contributed by atoms with E-state index >= 15 is 0 Å². The summed E-state index contributed by atoms with van der Waals surface area (Å²) in [5, 5.41) is 0. The lowest BCUT2D eigenvalue weighted by Crippen LogP contribution is -2.09. The van der Waals surface area contributed by atoms with Crippen LogP contribution in [0.15, 0.2) is 48.2 Å². The van der Waals surface area contributed by atoms with Gasteiger partial charge in [-0.2, -0.15) is 0 Å². The van der Waals surface area contributed by atoms with Gasteiger partial charge in [-0.25, -0.2) is 0 Å². The van der Waals surface area contributed by atoms with E-state index < -0.39 is 0 Å². The molecule has 0 unspecified atom stereocenters. The maximum absolute atomic E-state index is 10.7. The molecule has 1 aromatic carbocycles. The molecule has 2 rings (SSSR count). The second-order valence-electron chi connectivity index (χ2n) is 5.27. The van der Waals surface area contributed by atoms with Gasteiger partial charge in [0.2, 0.25) is 0 Å². The molecule has 0 aromatic heterocycles. The normalized spacial score (nSPS) is 21.1. The van der Waals surface area contributed by atoms with Gasteiger partial charge >= 0.3 is 5.97 Å². The summed E-state index contributed by atoms with van der Waals surface area (Å²) in [6.45, 7) is 5.69. The Labute approximate surface area is 126 Å². The van der Waals surface area contributed by atoms with Crippen molar-refractivity contribution in [2.45, 2.75) is 44.8 Å². The van der Waals surface area contributed by atoms with E-state index in [0.717, 1.165) is 31.3 Å². The van der Waals surface area contributed by atoms with Crippen molar-refractivity contribution in [1.29, 1.82) is 0 Å². The predicted octanol–water partition coefficient (Wildman–Crippen LogP) is 3.96. The smallest absolute Gasteiger partial charge is 0.302 e. The highest BCUT2D eigenvalue weighted by Crippen LogP contribution is 2.37. The van der Waals surface area contributed by atoms with Crippen LogP contribution in [0.3, 0.4) is 0 Å². The van der Waals surface area contributed by atoms with Crippen molar-refractivity contribution in [2.75, 3.05) is 6.61 Å². The quantitative estimate of drug-likeness (QED) is 0.451. The van der Waals surface area contributed by atoms with E-state index in [-0.39, 0.29) is 18.2 Å². The standard InChI is InChI=1S/C18H22O3/c1-3-15-13-18(16-9-5-4-6-10-16)21-17(15)11-7-8-12-20-14(2)19/h4-6,9-10,17-18H,1,7-8,11-13H2,2H3/t17-,18-/m0/s1. The Bertz CT molecular complexity index is 515. The van der Waals surface area contributed by atoms with Crippen LogP contribution in [-0.4, -0.2) is 18.7 Å². The largest absolute Gasteiger partial charge is 0.466 e. The maximum Gasteiger partial charge on any atom is 0.302 e. The molecule has 0 N–H and O–H groups in total. The zero-order chi connectivity index (χ0) is 15.1. The molecule has 1 aliphatic heterocycles. The molecule has 0 aliphatic carbocycles. The van der Waals surface area contributed by atoms with E-state index in [4.69, 9.17) is 9.47 Å². The van der Waals surface area contributed by atoms with Crippen LogP contribution in [0.25, 0.3) is 0 Å². The van der Waals surface area contributed by atoms with Gasteiger partial charge in [-0.3, -0.25) is 4.79 Å². The molecule has 0 amide bonds. The fourth-order valence-corrected chi connectivity index (χ4v) is 2.60. The van der Waals surface area contributed by atoms with Crippen molar-refractivity contribution in [1.82, 2.24) is 0 Å². The van der Waals surface area contributed by atoms with Crippen molar-refractivity contribution in [3.63, 3.8) is 0 Å². The first-order valence-corrected chi connectivity index (χ1v) is 7.43. The summed E-state index contributed by atoms with van der Waals surface area (Å²) < 4.78 is 11.1. The minimum absolute atomic E-state index is 0.0880. The summed E-state index contributed by atoms with van der Waals surface area (Å²) in [6.07, 6.45) is 3.80. The van der Waals surface area contributed by atoms with E-state index in [1.165, 1.54) is 12.5 Å². The Kier molecular flexibility index (Phi) is 5.79. The Morgan fingerprint density at radius 1 is 1.38 bits per heavy atom. The minimum Gasteiger partial charge on any atom is -0.466 e. The Morgan fingerprint density at radius 2 is 2.14 bits per heavy atom. The van der Waals surface area contributed by atoms with Crippen LogP contribution in [0, 0.1) is 0 Å². The number of esters is 1. The van der Waals surface area contributed by atoms with Crippen molar-refractivity contribution < 1.29 is 14.3 Å². The molecule has 3 nitrogen and oxygen atoms in total. The van der Waals surface area contributed by atoms with E-state index in [1.54, 1.807) is 0 Å². The van der Waals surface area contributed by atoms with Gasteiger partial charge in [0.05, 0.1) is 18.8 Å². The number of hydrogen-bond acceptors (Lipinski definition) is 3. The lowest BCUT2D eigenvalue weighted by Gasteiger charge is -2.13. The number of rotatable bonds is 6. The van der Waals surface area contributed by atoms with E-state index in [1.807, 2.05) is 18.2 Å². The molecule has 1 aliphatic rings. The minimum atomic E-state index is -0.220. The predicted molar refractivity (Wildman–Crippen MR) is 81.8 cm³/mol. The highest BCUT2D eigenvalue weighted by molar-refractivity contribution is 5.65. The third-order valence-corrected chi connectivity index (χ3v) is 3.69. The second-order valence-corrected chi connectivity index (χ2v) is 5.27. The molecule has 1 fully saturated rings. The van der Waals surface area contributed by atoms with Gasteiger partial charge < -0.3 is 9.47 Å². The fourth-order valence-electron chi connectivity index (χ4n) is 2.60. The molecule has 112 valence electrons. The van der Waals surface area contributed by atoms with Crippen LogP contribution in [-0.2, 0) is 14.3 Å². The van der Waals surface area contributed by atoms with Crippen molar-refractivity contribution in [2.24, 2.45) is 0 Å². The van der Waals surface area contributed by atoms with Crippen molar-refractivity contribution in [3.8, 4) is 0 Å². The van der Waals surface area contributed by atoms with E-state index in [9.17, 15) is 4.79 Å². The molecule has 1 heterocycles. The molecule has 1 aromatic rings. The molecule has 0 saturated carbocycles. The highest BCUT2D eigenvalue weighted by atomic mass is 16.5. The monoisotopic (exact) mass is 286 g/mol. The third-order valence-electron chi connectivity index (χ3n) is 3.69. The van der Waals surface area contributed by atoms with Gasteiger partial charge in [-0.15, -0.1) is 5.73 Å². The molecule has 0 spiro atoms. The number of unbranched alkanes of at least 4 members (excludes halogenated alkanes) is 1. The van der Waals surface area contributed by atoms with Crippen LogP contribution >= 0.6 is 0 Å². The number of ether oxygens (including phenoxy) is 2. The fraction of sp³-hybridized carbons (Fsp3) is 0.444. The number of carbonyl (C=O) groups excluding carboxylic acids is 1. The van der Waals surface area contributed by atoms with Gasteiger partial charge in [-0.05, 0) is 24.8 Å². The van der Waals surface area contributed by atoms with Crippen LogP contribution in [0.1, 0.15) is 44.3 Å². The Balaban J connectivity index is 1.83. The van der Waals surface area contributed by atoms with E-state index in [2.05, 4.69) is 24.4 Å². The summed E-state index contributed by atoms with van der Waals surface area (Å²) in [4.78, 5) is 10.7. The first-order valence-electron chi connectivity index (χ1n) is 7.43. The highest BCUT2D eigenvalue weighted by Gasteiger charge is 2.30. The Morgan fingerprint density at radius 3 is 2.81 bits per heavy atom. The number of carbonyl (C=O) groups is 1. The van der Waals surface area contributed by atoms with E-state index in [0.29, 0.717) is 6.61 Å².